The van der Waals surface area contributed by atoms with E-state index in [4.69, 9.17) is 15.6 Å². The van der Waals surface area contributed by atoms with Gasteiger partial charge < -0.3 is 15.6 Å². The molecule has 1 aromatic carbocycles. The average molecular weight is 223 g/mol. The molecule has 0 aliphatic rings. The minimum atomic E-state index is -1.03. The van der Waals surface area contributed by atoms with Crippen molar-refractivity contribution in [1.82, 2.24) is 0 Å². The second kappa shape index (κ2) is 5.39. The van der Waals surface area contributed by atoms with Crippen molar-refractivity contribution in [3.8, 4) is 5.75 Å². The predicted molar refractivity (Wildman–Crippen MR) is 63.0 cm³/mol. The van der Waals surface area contributed by atoms with Gasteiger partial charge in [-0.15, -0.1) is 0 Å². The Morgan fingerprint density at radius 3 is 2.75 bits per heavy atom. The molecule has 16 heavy (non-hydrogen) atoms. The van der Waals surface area contributed by atoms with Crippen LogP contribution in [0.1, 0.15) is 35.7 Å². The molecule has 0 saturated carbocycles. The summed E-state index contributed by atoms with van der Waals surface area (Å²) in [6.07, 6.45) is 1.99. The number of nitrogens with two attached hydrogens (primary N) is 1. The molecule has 0 saturated heterocycles. The second-order valence-corrected chi connectivity index (χ2v) is 3.71. The predicted octanol–water partition coefficient (Wildman–Crippen LogP) is 2.45. The zero-order chi connectivity index (χ0) is 12.1. The van der Waals surface area contributed by atoms with E-state index in [0.29, 0.717) is 18.0 Å². The fraction of sp³-hybridized carbons (Fsp3) is 0.417. The summed E-state index contributed by atoms with van der Waals surface area (Å²) in [5.74, 6) is -0.459. The monoisotopic (exact) mass is 223 g/mol. The maximum Gasteiger partial charge on any atom is 0.337 e. The summed E-state index contributed by atoms with van der Waals surface area (Å²) < 4.78 is 5.45. The maximum absolute atomic E-state index is 10.9. The quantitative estimate of drug-likeness (QED) is 0.594. The van der Waals surface area contributed by atoms with E-state index in [1.807, 2.05) is 0 Å². The molecule has 0 aromatic heterocycles. The van der Waals surface area contributed by atoms with Crippen molar-refractivity contribution in [3.05, 3.63) is 23.3 Å². The lowest BCUT2D eigenvalue weighted by Gasteiger charge is -2.10. The fourth-order valence-electron chi connectivity index (χ4n) is 1.36. The zero-order valence-corrected chi connectivity index (χ0v) is 9.62. The molecule has 88 valence electrons. The van der Waals surface area contributed by atoms with Crippen molar-refractivity contribution in [2.45, 2.75) is 26.7 Å². The lowest BCUT2D eigenvalue weighted by Crippen LogP contribution is -2.06. The van der Waals surface area contributed by atoms with Crippen LogP contribution in [0.3, 0.4) is 0 Å². The summed E-state index contributed by atoms with van der Waals surface area (Å²) >= 11 is 0. The average Bonchev–Trinajstić information content (AvgIpc) is 2.23. The van der Waals surface area contributed by atoms with Crippen molar-refractivity contribution in [2.24, 2.45) is 0 Å². The standard InChI is InChI=1S/C12H17NO3/c1-3-4-5-16-9-6-8(2)11(13)10(7-9)12(14)15/h6-7H,3-5,13H2,1-2H3,(H,14,15). The highest BCUT2D eigenvalue weighted by Gasteiger charge is 2.12. The summed E-state index contributed by atoms with van der Waals surface area (Å²) in [5.41, 5.74) is 6.80. The highest BCUT2D eigenvalue weighted by Crippen LogP contribution is 2.24. The molecule has 3 N–H and O–H groups in total. The van der Waals surface area contributed by atoms with E-state index in [1.165, 1.54) is 6.07 Å². The molecule has 0 aliphatic carbocycles. The van der Waals surface area contributed by atoms with Gasteiger partial charge in [0.05, 0.1) is 12.2 Å². The first kappa shape index (κ1) is 12.4. The van der Waals surface area contributed by atoms with E-state index in [0.717, 1.165) is 18.4 Å². The second-order valence-electron chi connectivity index (χ2n) is 3.71. The van der Waals surface area contributed by atoms with Gasteiger partial charge in [-0.2, -0.15) is 0 Å². The van der Waals surface area contributed by atoms with Crippen LogP contribution in [0.5, 0.6) is 5.75 Å². The van der Waals surface area contributed by atoms with E-state index in [1.54, 1.807) is 13.0 Å². The highest BCUT2D eigenvalue weighted by molar-refractivity contribution is 5.95. The van der Waals surface area contributed by atoms with Crippen LogP contribution in [-0.2, 0) is 0 Å². The number of nitrogen functional groups attached to an aromatic ring is 1. The molecule has 0 amide bonds. The van der Waals surface area contributed by atoms with Crippen molar-refractivity contribution in [3.63, 3.8) is 0 Å². The van der Waals surface area contributed by atoms with Crippen LogP contribution in [0, 0.1) is 6.92 Å². The SMILES string of the molecule is CCCCOc1cc(C)c(N)c(C(=O)O)c1. The summed E-state index contributed by atoms with van der Waals surface area (Å²) in [4.78, 5) is 10.9. The molecule has 0 fully saturated rings. The van der Waals surface area contributed by atoms with E-state index in [-0.39, 0.29) is 5.56 Å². The normalized spacial score (nSPS) is 10.1. The fourth-order valence-corrected chi connectivity index (χ4v) is 1.36. The number of rotatable bonds is 5. The van der Waals surface area contributed by atoms with Crippen LogP contribution in [0.15, 0.2) is 12.1 Å². The molecular formula is C12H17NO3. The molecule has 0 bridgehead atoms. The third-order valence-electron chi connectivity index (χ3n) is 2.36. The number of benzene rings is 1. The van der Waals surface area contributed by atoms with Crippen LogP contribution in [0.4, 0.5) is 5.69 Å². The summed E-state index contributed by atoms with van der Waals surface area (Å²) in [5, 5.41) is 8.95. The number of anilines is 1. The number of ether oxygens (including phenoxy) is 1. The number of carbonyl (C=O) groups is 1. The van der Waals surface area contributed by atoms with Gasteiger partial charge >= 0.3 is 5.97 Å². The zero-order valence-electron chi connectivity index (χ0n) is 9.62. The van der Waals surface area contributed by atoms with Crippen LogP contribution in [0.25, 0.3) is 0 Å². The Bertz CT molecular complexity index is 388. The van der Waals surface area contributed by atoms with Crippen LogP contribution >= 0.6 is 0 Å². The molecule has 0 spiro atoms. The van der Waals surface area contributed by atoms with Crippen molar-refractivity contribution < 1.29 is 14.6 Å². The van der Waals surface area contributed by atoms with Gasteiger partial charge in [-0.25, -0.2) is 4.79 Å². The summed E-state index contributed by atoms with van der Waals surface area (Å²) in [7, 11) is 0. The Kier molecular flexibility index (Phi) is 4.17. The van der Waals surface area contributed by atoms with Crippen molar-refractivity contribution >= 4 is 11.7 Å². The minimum absolute atomic E-state index is 0.103. The topological polar surface area (TPSA) is 72.5 Å². The number of unbranched alkanes of at least 4 members (excludes halogenated alkanes) is 1. The highest BCUT2D eigenvalue weighted by atomic mass is 16.5. The van der Waals surface area contributed by atoms with E-state index in [9.17, 15) is 4.79 Å². The maximum atomic E-state index is 10.9. The first-order valence-corrected chi connectivity index (χ1v) is 5.32. The number of carboxylic acids is 1. The van der Waals surface area contributed by atoms with Gasteiger partial charge in [0.2, 0.25) is 0 Å². The first-order valence-electron chi connectivity index (χ1n) is 5.32. The van der Waals surface area contributed by atoms with Gasteiger partial charge in [0.15, 0.2) is 0 Å². The van der Waals surface area contributed by atoms with Gasteiger partial charge in [0.25, 0.3) is 0 Å². The Hall–Kier alpha value is -1.71. The largest absolute Gasteiger partial charge is 0.494 e. The number of hydrogen-bond donors (Lipinski definition) is 2. The van der Waals surface area contributed by atoms with E-state index < -0.39 is 5.97 Å². The Morgan fingerprint density at radius 1 is 1.50 bits per heavy atom. The minimum Gasteiger partial charge on any atom is -0.494 e. The molecule has 4 heteroatoms. The molecule has 0 atom stereocenters. The molecule has 0 aliphatic heterocycles. The van der Waals surface area contributed by atoms with Gasteiger partial charge in [-0.1, -0.05) is 13.3 Å². The van der Waals surface area contributed by atoms with E-state index >= 15 is 0 Å². The van der Waals surface area contributed by atoms with E-state index in [2.05, 4.69) is 6.92 Å². The number of carboxylic acid groups (broad SMARTS) is 1. The van der Waals surface area contributed by atoms with Gasteiger partial charge in [0.1, 0.15) is 5.75 Å². The van der Waals surface area contributed by atoms with Crippen molar-refractivity contribution in [2.75, 3.05) is 12.3 Å². The molecular weight excluding hydrogens is 206 g/mol. The Morgan fingerprint density at radius 2 is 2.19 bits per heavy atom. The first-order chi connectivity index (χ1) is 7.56. The summed E-state index contributed by atoms with van der Waals surface area (Å²) in [6, 6.07) is 3.23. The third-order valence-corrected chi connectivity index (χ3v) is 2.36. The Labute approximate surface area is 95.0 Å². The summed E-state index contributed by atoms with van der Waals surface area (Å²) in [6.45, 7) is 4.44. The van der Waals surface area contributed by atoms with Gasteiger partial charge in [0, 0.05) is 5.69 Å². The molecule has 0 unspecified atom stereocenters. The third kappa shape index (κ3) is 2.89. The van der Waals surface area contributed by atoms with Crippen molar-refractivity contribution in [1.29, 1.82) is 0 Å². The molecule has 0 heterocycles. The Balaban J connectivity index is 2.91. The number of hydrogen-bond acceptors (Lipinski definition) is 3. The smallest absolute Gasteiger partial charge is 0.337 e. The van der Waals surface area contributed by atoms with Gasteiger partial charge in [-0.3, -0.25) is 0 Å². The lowest BCUT2D eigenvalue weighted by molar-refractivity contribution is 0.0697. The lowest BCUT2D eigenvalue weighted by atomic mass is 10.1. The molecule has 1 rings (SSSR count). The van der Waals surface area contributed by atoms with Crippen LogP contribution < -0.4 is 10.5 Å². The van der Waals surface area contributed by atoms with Gasteiger partial charge in [-0.05, 0) is 31.0 Å². The molecule has 0 radical (unpaired) electrons. The molecule has 4 nitrogen and oxygen atoms in total. The van der Waals surface area contributed by atoms with Crippen LogP contribution in [-0.4, -0.2) is 17.7 Å². The number of aromatic carboxylic acids is 1. The number of aryl methyl sites for hydroxylation is 1. The van der Waals surface area contributed by atoms with Crippen LogP contribution in [0.2, 0.25) is 0 Å². The molecule has 1 aromatic rings.